The van der Waals surface area contributed by atoms with Gasteiger partial charge in [0.05, 0.1) is 5.41 Å². The van der Waals surface area contributed by atoms with Crippen molar-refractivity contribution in [1.82, 2.24) is 14.7 Å². The van der Waals surface area contributed by atoms with Gasteiger partial charge in [-0.3, -0.25) is 9.52 Å². The summed E-state index contributed by atoms with van der Waals surface area (Å²) in [6.07, 6.45) is 2.76. The van der Waals surface area contributed by atoms with Gasteiger partial charge < -0.3 is 16.0 Å². The first kappa shape index (κ1) is 26.0. The van der Waals surface area contributed by atoms with Gasteiger partial charge in [-0.1, -0.05) is 41.9 Å². The molecule has 4 bridgehead atoms. The molecular weight excluding hydrogens is 516 g/mol. The Morgan fingerprint density at radius 2 is 1.84 bits per heavy atom. The number of rotatable bonds is 4. The van der Waals surface area contributed by atoms with Crippen LogP contribution in [0.3, 0.4) is 0 Å². The molecule has 0 spiro atoms. The van der Waals surface area contributed by atoms with Gasteiger partial charge in [0.25, 0.3) is 0 Å². The average Bonchev–Trinajstić information content (AvgIpc) is 2.92. The lowest BCUT2D eigenvalue weighted by Crippen LogP contribution is -2.34. The van der Waals surface area contributed by atoms with Crippen molar-refractivity contribution in [3.05, 3.63) is 89.6 Å². The first-order chi connectivity index (χ1) is 18.4. The van der Waals surface area contributed by atoms with Crippen LogP contribution in [0, 0.1) is 0 Å². The van der Waals surface area contributed by atoms with Gasteiger partial charge in [0, 0.05) is 46.1 Å². The maximum atomic E-state index is 13.1. The second-order valence-electron chi connectivity index (χ2n) is 9.55. The van der Waals surface area contributed by atoms with E-state index in [-0.39, 0.29) is 5.91 Å². The van der Waals surface area contributed by atoms with Crippen LogP contribution in [0.1, 0.15) is 25.8 Å². The molecule has 2 heterocycles. The van der Waals surface area contributed by atoms with Gasteiger partial charge in [-0.2, -0.15) is 4.98 Å². The minimum atomic E-state index is -0.744. The van der Waals surface area contributed by atoms with E-state index >= 15 is 0 Å². The Labute approximate surface area is 232 Å². The van der Waals surface area contributed by atoms with Gasteiger partial charge in [-0.25, -0.2) is 4.98 Å². The average molecular weight is 545 g/mol. The van der Waals surface area contributed by atoms with Crippen molar-refractivity contribution in [2.45, 2.75) is 30.6 Å². The second kappa shape index (κ2) is 11.4. The van der Waals surface area contributed by atoms with Crippen molar-refractivity contribution in [3.8, 4) is 11.1 Å². The summed E-state index contributed by atoms with van der Waals surface area (Å²) in [6, 6.07) is 23.3. The Kier molecular flexibility index (Phi) is 7.83. The van der Waals surface area contributed by atoms with Crippen molar-refractivity contribution in [2.24, 2.45) is 0 Å². The number of carbonyl (C=O) groups is 1. The largest absolute Gasteiger partial charge is 0.369 e. The summed E-state index contributed by atoms with van der Waals surface area (Å²) in [7, 11) is 0. The first-order valence-corrected chi connectivity index (χ1v) is 13.6. The molecule has 1 aromatic heterocycles. The number of nitrogens with zero attached hydrogens (tertiary/aromatic N) is 2. The number of fused-ring (bicyclic) bond motifs is 4. The molecule has 1 aliphatic heterocycles. The highest BCUT2D eigenvalue weighted by Gasteiger charge is 2.30. The van der Waals surface area contributed by atoms with Crippen molar-refractivity contribution >= 4 is 52.6 Å². The van der Waals surface area contributed by atoms with Crippen molar-refractivity contribution in [3.63, 3.8) is 0 Å². The molecule has 0 atom stereocenters. The molecule has 1 amide bonds. The zero-order valence-corrected chi connectivity index (χ0v) is 22.8. The lowest BCUT2D eigenvalue weighted by atomic mass is 9.83. The third-order valence-corrected chi connectivity index (χ3v) is 7.46. The minimum Gasteiger partial charge on any atom is -0.369 e. The van der Waals surface area contributed by atoms with E-state index in [1.807, 2.05) is 74.6 Å². The molecule has 3 aromatic carbocycles. The van der Waals surface area contributed by atoms with Crippen LogP contribution in [-0.2, 0) is 10.2 Å². The van der Waals surface area contributed by atoms with Crippen LogP contribution in [-0.4, -0.2) is 29.0 Å². The van der Waals surface area contributed by atoms with Gasteiger partial charge in [0.15, 0.2) is 0 Å². The summed E-state index contributed by atoms with van der Waals surface area (Å²) in [6.45, 7) is 5.40. The van der Waals surface area contributed by atoms with Crippen LogP contribution in [0.5, 0.6) is 0 Å². The van der Waals surface area contributed by atoms with Gasteiger partial charge in [-0.05, 0) is 85.8 Å². The molecule has 0 saturated heterocycles. The maximum absolute atomic E-state index is 13.1. The van der Waals surface area contributed by atoms with Gasteiger partial charge in [0.1, 0.15) is 5.82 Å². The van der Waals surface area contributed by atoms with Crippen LogP contribution < -0.4 is 20.7 Å². The zero-order valence-electron chi connectivity index (χ0n) is 21.2. The molecule has 5 rings (SSSR count). The van der Waals surface area contributed by atoms with Crippen molar-refractivity contribution in [1.29, 1.82) is 0 Å². The van der Waals surface area contributed by atoms with E-state index in [0.717, 1.165) is 52.6 Å². The number of nitrogens with one attached hydrogen (secondary N) is 4. The molecule has 0 radical (unpaired) electrons. The van der Waals surface area contributed by atoms with E-state index < -0.39 is 5.41 Å². The number of amides is 1. The van der Waals surface area contributed by atoms with Crippen LogP contribution in [0.25, 0.3) is 11.1 Å². The van der Waals surface area contributed by atoms with Crippen molar-refractivity contribution < 1.29 is 4.79 Å². The van der Waals surface area contributed by atoms with E-state index in [1.165, 1.54) is 0 Å². The quantitative estimate of drug-likeness (QED) is 0.208. The topological polar surface area (TPSA) is 91.0 Å². The third kappa shape index (κ3) is 6.10. The molecule has 4 N–H and O–H groups in total. The molecule has 0 saturated carbocycles. The lowest BCUT2D eigenvalue weighted by Gasteiger charge is -2.24. The summed E-state index contributed by atoms with van der Waals surface area (Å²) in [4.78, 5) is 23.6. The van der Waals surface area contributed by atoms with Gasteiger partial charge in [0.2, 0.25) is 11.9 Å². The van der Waals surface area contributed by atoms with E-state index in [2.05, 4.69) is 37.8 Å². The van der Waals surface area contributed by atoms with Crippen LogP contribution in [0.15, 0.2) is 83.9 Å². The Bertz CT molecular complexity index is 1440. The van der Waals surface area contributed by atoms with Crippen LogP contribution in [0.2, 0.25) is 5.02 Å². The number of hydrogen-bond donors (Lipinski definition) is 4. The number of hydrogen-bond acceptors (Lipinski definition) is 7. The molecule has 38 heavy (non-hydrogen) atoms. The molecular formula is C29H29ClN6OS. The SMILES string of the molecule is CC(C)(C(=O)Nc1ccc(-c2cnc3nc2NCCCNSc2cccc(c2)N3)cc1)c1cccc(Cl)c1. The summed E-state index contributed by atoms with van der Waals surface area (Å²) in [5.74, 6) is 1.17. The highest BCUT2D eigenvalue weighted by Crippen LogP contribution is 2.31. The van der Waals surface area contributed by atoms with E-state index in [0.29, 0.717) is 16.7 Å². The molecule has 0 aliphatic carbocycles. The molecule has 7 nitrogen and oxygen atoms in total. The van der Waals surface area contributed by atoms with Crippen molar-refractivity contribution in [2.75, 3.05) is 29.0 Å². The van der Waals surface area contributed by atoms with E-state index in [9.17, 15) is 4.79 Å². The first-order valence-electron chi connectivity index (χ1n) is 12.4. The summed E-state index contributed by atoms with van der Waals surface area (Å²) >= 11 is 7.77. The van der Waals surface area contributed by atoms with E-state index in [1.54, 1.807) is 18.0 Å². The zero-order chi connectivity index (χ0) is 26.5. The Morgan fingerprint density at radius 3 is 2.66 bits per heavy atom. The molecule has 1 aliphatic rings. The Hall–Kier alpha value is -3.59. The van der Waals surface area contributed by atoms with Crippen LogP contribution in [0.4, 0.5) is 23.1 Å². The standard InChI is InChI=1S/C29H29ClN6OS/c1-29(2,20-6-3-7-21(30)16-20)27(37)34-22-12-10-19(11-13-22)25-18-32-28-35-23-8-4-9-24(17-23)38-33-15-5-14-31-26(25)36-28/h3-4,6-13,16-18,33H,5,14-15H2,1-2H3,(H,34,37)(H2,31,32,35,36). The third-order valence-electron chi connectivity index (χ3n) is 6.38. The summed E-state index contributed by atoms with van der Waals surface area (Å²) in [5.41, 5.74) is 3.59. The molecule has 0 fully saturated rings. The fourth-order valence-electron chi connectivity index (χ4n) is 4.09. The molecule has 0 unspecified atom stereocenters. The fourth-order valence-corrected chi connectivity index (χ4v) is 5.02. The predicted molar refractivity (Wildman–Crippen MR) is 157 cm³/mol. The smallest absolute Gasteiger partial charge is 0.234 e. The summed E-state index contributed by atoms with van der Waals surface area (Å²) < 4.78 is 3.40. The number of benzene rings is 3. The Balaban J connectivity index is 1.36. The predicted octanol–water partition coefficient (Wildman–Crippen LogP) is 6.87. The highest BCUT2D eigenvalue weighted by atomic mass is 35.5. The molecule has 194 valence electrons. The lowest BCUT2D eigenvalue weighted by molar-refractivity contribution is -0.120. The van der Waals surface area contributed by atoms with Crippen LogP contribution >= 0.6 is 23.5 Å². The number of anilines is 4. The number of halogens is 1. The van der Waals surface area contributed by atoms with Gasteiger partial charge >= 0.3 is 0 Å². The van der Waals surface area contributed by atoms with Gasteiger partial charge in [-0.15, -0.1) is 0 Å². The maximum Gasteiger partial charge on any atom is 0.234 e. The monoisotopic (exact) mass is 544 g/mol. The second-order valence-corrected chi connectivity index (χ2v) is 11.0. The Morgan fingerprint density at radius 1 is 1.03 bits per heavy atom. The normalized spacial score (nSPS) is 13.7. The molecule has 9 heteroatoms. The highest BCUT2D eigenvalue weighted by molar-refractivity contribution is 7.97. The number of carbonyl (C=O) groups excluding carboxylic acids is 1. The molecule has 4 aromatic rings. The number of aromatic nitrogens is 2. The fraction of sp³-hybridized carbons (Fsp3) is 0.207. The summed E-state index contributed by atoms with van der Waals surface area (Å²) in [5, 5.41) is 10.4. The van der Waals surface area contributed by atoms with E-state index in [4.69, 9.17) is 16.6 Å². The minimum absolute atomic E-state index is 0.109.